The molecule has 2 aromatic heterocycles. The molecule has 3 aromatic rings. The lowest BCUT2D eigenvalue weighted by Gasteiger charge is -2.26. The molecule has 0 unspecified atom stereocenters. The van der Waals surface area contributed by atoms with Crippen LogP contribution >= 0.6 is 11.3 Å². The third-order valence-corrected chi connectivity index (χ3v) is 4.97. The van der Waals surface area contributed by atoms with Crippen molar-refractivity contribution in [2.75, 3.05) is 10.6 Å². The molecule has 6 nitrogen and oxygen atoms in total. The number of anilines is 2. The fourth-order valence-electron chi connectivity index (χ4n) is 2.85. The van der Waals surface area contributed by atoms with Crippen molar-refractivity contribution >= 4 is 28.9 Å². The summed E-state index contributed by atoms with van der Waals surface area (Å²) in [6, 6.07) is 9.89. The zero-order valence-electron chi connectivity index (χ0n) is 14.5. The van der Waals surface area contributed by atoms with Crippen molar-refractivity contribution in [2.24, 2.45) is 4.99 Å². The summed E-state index contributed by atoms with van der Waals surface area (Å²) >= 11 is 1.42. The molecule has 144 valence electrons. The lowest BCUT2D eigenvalue weighted by atomic mass is 10.2. The molecule has 2 N–H and O–H groups in total. The second-order valence-corrected chi connectivity index (χ2v) is 7.10. The van der Waals surface area contributed by atoms with E-state index in [-0.39, 0.29) is 23.2 Å². The van der Waals surface area contributed by atoms with E-state index in [2.05, 4.69) is 20.6 Å². The number of aliphatic imine (C=N–C) groups is 1. The standard InChI is InChI=1S/C18H14F3N5OS/c1-10-8-14(27)26-15(13-6-3-7-28-13)24-16(25-17(26)22-10)23-12-5-2-4-11(9-12)18(19,20)21/h2-9,15H,1H3,(H2,22,23,24,25)/t15-/m1/s1. The number of benzene rings is 1. The number of aryl methyl sites for hydroxylation is 1. The molecule has 1 atom stereocenters. The van der Waals surface area contributed by atoms with Crippen LogP contribution in [-0.2, 0) is 6.18 Å². The highest BCUT2D eigenvalue weighted by Gasteiger charge is 2.31. The quantitative estimate of drug-likeness (QED) is 0.674. The molecule has 4 rings (SSSR count). The van der Waals surface area contributed by atoms with Crippen LogP contribution in [-0.4, -0.2) is 15.5 Å². The van der Waals surface area contributed by atoms with Crippen LogP contribution in [0.2, 0.25) is 0 Å². The first kappa shape index (κ1) is 18.2. The van der Waals surface area contributed by atoms with Gasteiger partial charge >= 0.3 is 6.18 Å². The van der Waals surface area contributed by atoms with Crippen molar-refractivity contribution in [1.82, 2.24) is 9.55 Å². The zero-order valence-corrected chi connectivity index (χ0v) is 15.3. The fourth-order valence-corrected chi connectivity index (χ4v) is 3.60. The van der Waals surface area contributed by atoms with Gasteiger partial charge in [0.1, 0.15) is 0 Å². The van der Waals surface area contributed by atoms with Gasteiger partial charge in [-0.2, -0.15) is 13.2 Å². The largest absolute Gasteiger partial charge is 0.416 e. The molecule has 3 heterocycles. The van der Waals surface area contributed by atoms with Crippen LogP contribution in [0, 0.1) is 6.92 Å². The summed E-state index contributed by atoms with van der Waals surface area (Å²) in [4.78, 5) is 22.1. The van der Waals surface area contributed by atoms with Crippen LogP contribution in [0.15, 0.2) is 57.6 Å². The van der Waals surface area contributed by atoms with E-state index in [0.29, 0.717) is 5.69 Å². The number of aromatic nitrogens is 2. The van der Waals surface area contributed by atoms with Gasteiger partial charge in [0.25, 0.3) is 5.56 Å². The van der Waals surface area contributed by atoms with E-state index in [1.165, 1.54) is 34.1 Å². The maximum absolute atomic E-state index is 13.0. The number of hydrogen-bond acceptors (Lipinski definition) is 6. The molecule has 28 heavy (non-hydrogen) atoms. The number of nitrogens with one attached hydrogen (secondary N) is 2. The number of guanidine groups is 1. The van der Waals surface area contributed by atoms with Crippen LogP contribution in [0.3, 0.4) is 0 Å². The SMILES string of the molecule is Cc1cc(=O)n2c(n1)NC(Nc1cccc(C(F)(F)F)c1)=N[C@H]2c1cccs1. The molecule has 0 fully saturated rings. The van der Waals surface area contributed by atoms with E-state index in [9.17, 15) is 18.0 Å². The second kappa shape index (κ2) is 6.79. The highest BCUT2D eigenvalue weighted by atomic mass is 32.1. The third kappa shape index (κ3) is 3.50. The molecular formula is C18H14F3N5OS. The van der Waals surface area contributed by atoms with Crippen molar-refractivity contribution in [3.05, 3.63) is 74.3 Å². The highest BCUT2D eigenvalue weighted by molar-refractivity contribution is 7.10. The lowest BCUT2D eigenvalue weighted by molar-refractivity contribution is -0.137. The highest BCUT2D eigenvalue weighted by Crippen LogP contribution is 2.32. The van der Waals surface area contributed by atoms with E-state index >= 15 is 0 Å². The van der Waals surface area contributed by atoms with E-state index < -0.39 is 17.9 Å². The first-order valence-electron chi connectivity index (χ1n) is 8.24. The van der Waals surface area contributed by atoms with Crippen LogP contribution in [0.5, 0.6) is 0 Å². The van der Waals surface area contributed by atoms with Gasteiger partial charge in [-0.3, -0.25) is 14.7 Å². The van der Waals surface area contributed by atoms with E-state index in [1.807, 2.05) is 17.5 Å². The molecule has 1 aliphatic heterocycles. The van der Waals surface area contributed by atoms with Crippen molar-refractivity contribution in [2.45, 2.75) is 19.3 Å². The van der Waals surface area contributed by atoms with Crippen molar-refractivity contribution in [3.63, 3.8) is 0 Å². The molecule has 10 heteroatoms. The summed E-state index contributed by atoms with van der Waals surface area (Å²) in [6.07, 6.45) is -5.11. The minimum absolute atomic E-state index is 0.204. The molecule has 0 aliphatic carbocycles. The number of nitrogens with zero attached hydrogens (tertiary/aromatic N) is 3. The third-order valence-electron chi connectivity index (χ3n) is 4.06. The number of thiophene rings is 1. The minimum Gasteiger partial charge on any atom is -0.326 e. The summed E-state index contributed by atoms with van der Waals surface area (Å²) in [7, 11) is 0. The zero-order chi connectivity index (χ0) is 19.9. The van der Waals surface area contributed by atoms with E-state index in [1.54, 1.807) is 6.92 Å². The van der Waals surface area contributed by atoms with Crippen LogP contribution < -0.4 is 16.2 Å². The molecule has 0 radical (unpaired) electrons. The number of alkyl halides is 3. The monoisotopic (exact) mass is 405 g/mol. The molecule has 0 saturated carbocycles. The van der Waals surface area contributed by atoms with Crippen molar-refractivity contribution < 1.29 is 13.2 Å². The van der Waals surface area contributed by atoms with E-state index in [4.69, 9.17) is 0 Å². The molecule has 0 saturated heterocycles. The smallest absolute Gasteiger partial charge is 0.326 e. The molecule has 0 bridgehead atoms. The molecular weight excluding hydrogens is 391 g/mol. The maximum atomic E-state index is 13.0. The summed E-state index contributed by atoms with van der Waals surface area (Å²) in [5.41, 5.74) is -0.298. The van der Waals surface area contributed by atoms with Gasteiger partial charge in [-0.15, -0.1) is 11.3 Å². The summed E-state index contributed by atoms with van der Waals surface area (Å²) in [6.45, 7) is 1.69. The first-order chi connectivity index (χ1) is 13.3. The molecule has 0 spiro atoms. The molecule has 1 aliphatic rings. The Morgan fingerprint density at radius 2 is 2.04 bits per heavy atom. The van der Waals surface area contributed by atoms with Gasteiger partial charge < -0.3 is 5.32 Å². The van der Waals surface area contributed by atoms with Gasteiger partial charge in [0.2, 0.25) is 11.9 Å². The van der Waals surface area contributed by atoms with E-state index in [0.717, 1.165) is 17.0 Å². The van der Waals surface area contributed by atoms with Crippen LogP contribution in [0.4, 0.5) is 24.8 Å². The fraction of sp³-hybridized carbons (Fsp3) is 0.167. The maximum Gasteiger partial charge on any atom is 0.416 e. The number of halogens is 3. The average Bonchev–Trinajstić information content (AvgIpc) is 3.14. The average molecular weight is 405 g/mol. The van der Waals surface area contributed by atoms with Gasteiger partial charge in [0, 0.05) is 22.3 Å². The Kier molecular flexibility index (Phi) is 4.42. The molecule has 0 amide bonds. The Labute approximate surface area is 161 Å². The van der Waals surface area contributed by atoms with Gasteiger partial charge in [-0.1, -0.05) is 12.1 Å². The Morgan fingerprint density at radius 1 is 1.21 bits per heavy atom. The Morgan fingerprint density at radius 3 is 2.75 bits per heavy atom. The summed E-state index contributed by atoms with van der Waals surface area (Å²) in [5.74, 6) is 0.475. The summed E-state index contributed by atoms with van der Waals surface area (Å²) in [5, 5.41) is 7.60. The second-order valence-electron chi connectivity index (χ2n) is 6.12. The number of rotatable bonds is 2. The Balaban J connectivity index is 1.74. The molecule has 1 aromatic carbocycles. The predicted molar refractivity (Wildman–Crippen MR) is 102 cm³/mol. The number of hydrogen-bond donors (Lipinski definition) is 2. The number of fused-ring (bicyclic) bond motifs is 1. The topological polar surface area (TPSA) is 71.3 Å². The Bertz CT molecular complexity index is 1110. The Hall–Kier alpha value is -3.14. The minimum atomic E-state index is -4.45. The first-order valence-corrected chi connectivity index (χ1v) is 9.12. The van der Waals surface area contributed by atoms with Gasteiger partial charge in [-0.05, 0) is 36.6 Å². The van der Waals surface area contributed by atoms with Crippen molar-refractivity contribution in [3.8, 4) is 0 Å². The van der Waals surface area contributed by atoms with Gasteiger partial charge in [-0.25, -0.2) is 9.98 Å². The van der Waals surface area contributed by atoms with Crippen molar-refractivity contribution in [1.29, 1.82) is 0 Å². The van der Waals surface area contributed by atoms with Crippen LogP contribution in [0.25, 0.3) is 0 Å². The van der Waals surface area contributed by atoms with Gasteiger partial charge in [0.05, 0.1) is 5.56 Å². The summed E-state index contributed by atoms with van der Waals surface area (Å²) < 4.78 is 40.3. The van der Waals surface area contributed by atoms with Crippen LogP contribution in [0.1, 0.15) is 22.3 Å². The van der Waals surface area contributed by atoms with Gasteiger partial charge in [0.15, 0.2) is 6.17 Å². The predicted octanol–water partition coefficient (Wildman–Crippen LogP) is 4.07. The lowest BCUT2D eigenvalue weighted by Crippen LogP contribution is -2.37. The normalized spacial score (nSPS) is 16.1.